The lowest BCUT2D eigenvalue weighted by molar-refractivity contribution is -0.150. The summed E-state index contributed by atoms with van der Waals surface area (Å²) in [6, 6.07) is 2.64. The first-order chi connectivity index (χ1) is 11.5. The predicted molar refractivity (Wildman–Crippen MR) is 89.5 cm³/mol. The number of nitrogens with zero attached hydrogens (tertiary/aromatic N) is 1. The molecule has 2 heterocycles. The molecule has 1 aliphatic heterocycles. The molecule has 2 aliphatic rings. The van der Waals surface area contributed by atoms with Gasteiger partial charge in [-0.25, -0.2) is 4.79 Å². The number of aliphatic carboxylic acids is 1. The number of rotatable bonds is 5. The normalized spacial score (nSPS) is 26.9. The summed E-state index contributed by atoms with van der Waals surface area (Å²) in [7, 11) is 0. The van der Waals surface area contributed by atoms with E-state index in [-0.39, 0.29) is 24.2 Å². The van der Waals surface area contributed by atoms with Crippen molar-refractivity contribution >= 4 is 29.1 Å². The van der Waals surface area contributed by atoms with Gasteiger partial charge in [-0.2, -0.15) is 0 Å². The highest BCUT2D eigenvalue weighted by Gasteiger charge is 2.49. The van der Waals surface area contributed by atoms with Crippen LogP contribution >= 0.6 is 11.3 Å². The summed E-state index contributed by atoms with van der Waals surface area (Å²) >= 11 is 1.48. The van der Waals surface area contributed by atoms with Crippen LogP contribution in [0.5, 0.6) is 0 Å². The molecule has 4 atom stereocenters. The minimum absolute atomic E-state index is 0.0763. The van der Waals surface area contributed by atoms with Gasteiger partial charge in [0.15, 0.2) is 0 Å². The van der Waals surface area contributed by atoms with Crippen LogP contribution < -0.4 is 5.32 Å². The minimum atomic E-state index is -0.912. The molecule has 0 aromatic carbocycles. The molecule has 2 amide bonds. The van der Waals surface area contributed by atoms with Gasteiger partial charge in [0.1, 0.15) is 6.04 Å². The zero-order valence-electron chi connectivity index (χ0n) is 13.6. The van der Waals surface area contributed by atoms with Crippen molar-refractivity contribution < 1.29 is 19.5 Å². The highest BCUT2D eigenvalue weighted by atomic mass is 32.1. The van der Waals surface area contributed by atoms with E-state index in [4.69, 9.17) is 0 Å². The third-order valence-electron chi connectivity index (χ3n) is 5.11. The zero-order chi connectivity index (χ0) is 17.3. The second-order valence-corrected chi connectivity index (χ2v) is 7.64. The molecule has 0 radical (unpaired) electrons. The van der Waals surface area contributed by atoms with E-state index in [1.165, 1.54) is 23.2 Å². The number of carbonyl (C=O) groups excluding carboxylic acids is 2. The number of likely N-dealkylation sites (tertiary alicyclic amines) is 1. The van der Waals surface area contributed by atoms with Gasteiger partial charge >= 0.3 is 5.97 Å². The molecule has 2 N–H and O–H groups in total. The van der Waals surface area contributed by atoms with Gasteiger partial charge < -0.3 is 15.3 Å². The van der Waals surface area contributed by atoms with Gasteiger partial charge in [-0.1, -0.05) is 12.5 Å². The van der Waals surface area contributed by atoms with Crippen LogP contribution in [0.3, 0.4) is 0 Å². The lowest BCUT2D eigenvalue weighted by Crippen LogP contribution is -2.44. The molecule has 7 heteroatoms. The first kappa shape index (κ1) is 17.0. The molecule has 0 spiro atoms. The second-order valence-electron chi connectivity index (χ2n) is 6.66. The molecule has 0 bridgehead atoms. The molecule has 24 heavy (non-hydrogen) atoms. The summed E-state index contributed by atoms with van der Waals surface area (Å²) < 4.78 is 0. The van der Waals surface area contributed by atoms with Gasteiger partial charge in [0, 0.05) is 18.3 Å². The molecule has 1 aromatic heterocycles. The van der Waals surface area contributed by atoms with E-state index in [9.17, 15) is 19.5 Å². The Bertz CT molecular complexity index is 631. The van der Waals surface area contributed by atoms with E-state index in [2.05, 4.69) is 5.32 Å². The summed E-state index contributed by atoms with van der Waals surface area (Å²) in [4.78, 5) is 38.4. The lowest BCUT2D eigenvalue weighted by Gasteiger charge is -2.26. The maximum absolute atomic E-state index is 12.8. The van der Waals surface area contributed by atoms with Crippen molar-refractivity contribution in [1.82, 2.24) is 10.2 Å². The number of carbonyl (C=O) groups is 3. The fraction of sp³-hybridized carbons (Fsp3) is 0.588. The predicted octanol–water partition coefficient (Wildman–Crippen LogP) is 2.03. The number of hydrogen-bond donors (Lipinski definition) is 2. The number of carboxylic acids is 1. The van der Waals surface area contributed by atoms with Crippen LogP contribution in [-0.4, -0.2) is 40.4 Å². The largest absolute Gasteiger partial charge is 0.480 e. The molecule has 130 valence electrons. The van der Waals surface area contributed by atoms with Crippen LogP contribution in [0.1, 0.15) is 43.5 Å². The quantitative estimate of drug-likeness (QED) is 0.851. The average molecular weight is 350 g/mol. The molecular formula is C17H22N2O4S. The number of thiophene rings is 1. The van der Waals surface area contributed by atoms with Crippen molar-refractivity contribution in [2.45, 2.75) is 44.7 Å². The molecule has 1 aliphatic carbocycles. The fourth-order valence-electron chi connectivity index (χ4n) is 4.13. The van der Waals surface area contributed by atoms with Gasteiger partial charge in [-0.3, -0.25) is 9.59 Å². The van der Waals surface area contributed by atoms with Crippen molar-refractivity contribution in [3.05, 3.63) is 22.4 Å². The third kappa shape index (κ3) is 3.31. The molecule has 1 saturated carbocycles. The van der Waals surface area contributed by atoms with E-state index in [0.717, 1.165) is 24.1 Å². The Morgan fingerprint density at radius 1 is 1.42 bits per heavy atom. The van der Waals surface area contributed by atoms with E-state index < -0.39 is 18.1 Å². The number of amides is 2. The Kier molecular flexibility index (Phi) is 4.89. The van der Waals surface area contributed by atoms with Crippen LogP contribution in [0.4, 0.5) is 0 Å². The van der Waals surface area contributed by atoms with E-state index in [0.29, 0.717) is 12.5 Å². The first-order valence-corrected chi connectivity index (χ1v) is 9.18. The smallest absolute Gasteiger partial charge is 0.326 e. The average Bonchev–Trinajstić information content (AvgIpc) is 3.21. The molecule has 6 nitrogen and oxygen atoms in total. The summed E-state index contributed by atoms with van der Waals surface area (Å²) in [5.41, 5.74) is 0. The van der Waals surface area contributed by atoms with Gasteiger partial charge in [-0.15, -0.1) is 11.3 Å². The van der Waals surface area contributed by atoms with Gasteiger partial charge in [-0.05, 0) is 36.1 Å². The van der Waals surface area contributed by atoms with E-state index in [1.54, 1.807) is 0 Å². The van der Waals surface area contributed by atoms with E-state index >= 15 is 0 Å². The maximum atomic E-state index is 12.8. The van der Waals surface area contributed by atoms with Crippen molar-refractivity contribution in [2.24, 2.45) is 11.8 Å². The summed E-state index contributed by atoms with van der Waals surface area (Å²) in [6.07, 6.45) is 3.03. The van der Waals surface area contributed by atoms with Crippen molar-refractivity contribution in [1.29, 1.82) is 0 Å². The van der Waals surface area contributed by atoms with Gasteiger partial charge in [0.05, 0.1) is 12.5 Å². The molecule has 3 rings (SSSR count). The van der Waals surface area contributed by atoms with Gasteiger partial charge in [0.2, 0.25) is 11.8 Å². The fourth-order valence-corrected chi connectivity index (χ4v) is 4.91. The van der Waals surface area contributed by atoms with Crippen LogP contribution in [0.25, 0.3) is 0 Å². The highest BCUT2D eigenvalue weighted by molar-refractivity contribution is 7.10. The summed E-state index contributed by atoms with van der Waals surface area (Å²) in [5, 5.41) is 14.3. The van der Waals surface area contributed by atoms with Crippen molar-refractivity contribution in [2.75, 3.05) is 6.54 Å². The second kappa shape index (κ2) is 6.93. The Hall–Kier alpha value is -1.89. The van der Waals surface area contributed by atoms with Crippen molar-refractivity contribution in [3.8, 4) is 0 Å². The standard InChI is InChI=1S/C17H22N2O4S/c1-10(20)18-13(14-6-3-7-24-14)8-15(21)19-9-11-4-2-5-12(11)16(19)17(22)23/h3,6-7,11-13,16H,2,4-5,8-9H2,1H3,(H,18,20)(H,22,23). The Morgan fingerprint density at radius 3 is 2.83 bits per heavy atom. The maximum Gasteiger partial charge on any atom is 0.326 e. The monoisotopic (exact) mass is 350 g/mol. The molecule has 1 saturated heterocycles. The SMILES string of the molecule is CC(=O)NC(CC(=O)N1CC2CCCC2C1C(=O)O)c1cccs1. The van der Waals surface area contributed by atoms with E-state index in [1.807, 2.05) is 17.5 Å². The number of hydrogen-bond acceptors (Lipinski definition) is 4. The summed E-state index contributed by atoms with van der Waals surface area (Å²) in [5.74, 6) is -0.924. The number of fused-ring (bicyclic) bond motifs is 1. The third-order valence-corrected chi connectivity index (χ3v) is 6.09. The van der Waals surface area contributed by atoms with Crippen LogP contribution in [0, 0.1) is 11.8 Å². The molecule has 4 unspecified atom stereocenters. The van der Waals surface area contributed by atoms with Crippen LogP contribution in [0.15, 0.2) is 17.5 Å². The van der Waals surface area contributed by atoms with Gasteiger partial charge in [0.25, 0.3) is 0 Å². The van der Waals surface area contributed by atoms with Crippen LogP contribution in [-0.2, 0) is 14.4 Å². The topological polar surface area (TPSA) is 86.7 Å². The Morgan fingerprint density at radius 2 is 2.21 bits per heavy atom. The number of carboxylic acid groups (broad SMARTS) is 1. The zero-order valence-corrected chi connectivity index (χ0v) is 14.4. The highest BCUT2D eigenvalue weighted by Crippen LogP contribution is 2.42. The van der Waals surface area contributed by atoms with Crippen molar-refractivity contribution in [3.63, 3.8) is 0 Å². The van der Waals surface area contributed by atoms with Crippen LogP contribution in [0.2, 0.25) is 0 Å². The Labute approximate surface area is 144 Å². The molecule has 1 aromatic rings. The number of nitrogens with one attached hydrogen (secondary N) is 1. The molecular weight excluding hydrogens is 328 g/mol. The molecule has 2 fully saturated rings. The lowest BCUT2D eigenvalue weighted by atomic mass is 9.94. The summed E-state index contributed by atoms with van der Waals surface area (Å²) in [6.45, 7) is 1.95. The first-order valence-electron chi connectivity index (χ1n) is 8.30. The minimum Gasteiger partial charge on any atom is -0.480 e. The Balaban J connectivity index is 1.74.